The number of ketones is 1. The minimum absolute atomic E-state index is 0.118. The first-order valence-corrected chi connectivity index (χ1v) is 10.5. The van der Waals surface area contributed by atoms with Crippen molar-refractivity contribution in [1.29, 1.82) is 0 Å². The molecule has 0 atom stereocenters. The maximum absolute atomic E-state index is 12.3. The fourth-order valence-corrected chi connectivity index (χ4v) is 4.15. The average Bonchev–Trinajstić information content (AvgIpc) is 3.37. The van der Waals surface area contributed by atoms with Gasteiger partial charge in [-0.05, 0) is 17.7 Å². The van der Waals surface area contributed by atoms with Crippen LogP contribution >= 0.6 is 23.1 Å². The Morgan fingerprint density at radius 2 is 1.93 bits per heavy atom. The van der Waals surface area contributed by atoms with E-state index >= 15 is 0 Å². The number of Topliss-reactive ketones (excluding diaryl/α,β-unsaturated/α-hetero) is 1. The van der Waals surface area contributed by atoms with E-state index in [-0.39, 0.29) is 12.3 Å². The van der Waals surface area contributed by atoms with Crippen LogP contribution in [0.25, 0.3) is 17.0 Å². The minimum Gasteiger partial charge on any atom is -0.453 e. The number of hydrogen-bond acceptors (Lipinski definition) is 7. The second kappa shape index (κ2) is 8.86. The van der Waals surface area contributed by atoms with Gasteiger partial charge < -0.3 is 9.73 Å². The lowest BCUT2D eigenvalue weighted by atomic mass is 10.2. The quantitative estimate of drug-likeness (QED) is 0.312. The molecule has 0 unspecified atom stereocenters. The smallest absolute Gasteiger partial charge is 0.217 e. The highest BCUT2D eigenvalue weighted by molar-refractivity contribution is 8.01. The molecule has 0 aliphatic rings. The number of benzene rings is 2. The predicted octanol–water partition coefficient (Wildman–Crippen LogP) is 5.38. The molecule has 7 heteroatoms. The highest BCUT2D eigenvalue weighted by Gasteiger charge is 2.13. The second-order valence-electron chi connectivity index (χ2n) is 5.92. The van der Waals surface area contributed by atoms with E-state index in [0.717, 1.165) is 15.5 Å². The monoisotopic (exact) mass is 407 g/mol. The molecule has 0 saturated carbocycles. The van der Waals surface area contributed by atoms with Crippen molar-refractivity contribution in [2.75, 3.05) is 17.6 Å². The Labute approximate surface area is 170 Å². The summed E-state index contributed by atoms with van der Waals surface area (Å²) in [6.45, 7) is 0.118. The topological polar surface area (TPSA) is 68.0 Å². The van der Waals surface area contributed by atoms with Gasteiger partial charge in [0, 0.05) is 11.1 Å². The predicted molar refractivity (Wildman–Crippen MR) is 115 cm³/mol. The van der Waals surface area contributed by atoms with Gasteiger partial charge in [-0.25, -0.2) is 0 Å². The number of fused-ring (bicyclic) bond motifs is 1. The largest absolute Gasteiger partial charge is 0.453 e. The van der Waals surface area contributed by atoms with Gasteiger partial charge in [0.1, 0.15) is 5.58 Å². The molecule has 4 aromatic rings. The number of aromatic nitrogens is 2. The van der Waals surface area contributed by atoms with E-state index < -0.39 is 0 Å². The Kier molecular flexibility index (Phi) is 5.84. The number of thioether (sulfide) groups is 1. The molecule has 140 valence electrons. The van der Waals surface area contributed by atoms with Crippen LogP contribution in [0.4, 0.5) is 5.13 Å². The summed E-state index contributed by atoms with van der Waals surface area (Å²) >= 11 is 3.04. The van der Waals surface area contributed by atoms with Crippen LogP contribution in [-0.2, 0) is 0 Å². The molecule has 1 N–H and O–H groups in total. The molecule has 28 heavy (non-hydrogen) atoms. The molecule has 2 heterocycles. The number of furan rings is 1. The summed E-state index contributed by atoms with van der Waals surface area (Å²) in [4.78, 5) is 12.3. The highest BCUT2D eigenvalue weighted by Crippen LogP contribution is 2.26. The van der Waals surface area contributed by atoms with Crippen LogP contribution in [0.15, 0.2) is 75.5 Å². The molecule has 0 aliphatic carbocycles. The van der Waals surface area contributed by atoms with E-state index in [2.05, 4.69) is 39.8 Å². The van der Waals surface area contributed by atoms with Gasteiger partial charge in [0.05, 0.1) is 6.54 Å². The van der Waals surface area contributed by atoms with Crippen LogP contribution in [0, 0.1) is 0 Å². The Morgan fingerprint density at radius 3 is 2.79 bits per heavy atom. The maximum Gasteiger partial charge on any atom is 0.217 e. The zero-order chi connectivity index (χ0) is 19.2. The average molecular weight is 408 g/mol. The summed E-state index contributed by atoms with van der Waals surface area (Å²) in [7, 11) is 0. The molecular weight excluding hydrogens is 390 g/mol. The standard InChI is InChI=1S/C21H17N3O2S2/c25-17(19-13-16-10-4-5-11-18(16)26-19)14-22-20-23-24-21(28-20)27-12-6-9-15-7-2-1-3-8-15/h1-11,13H,12,14H2,(H,22,23)/b9-6+. The first-order chi connectivity index (χ1) is 13.8. The second-order valence-corrected chi connectivity index (χ2v) is 8.17. The number of anilines is 1. The molecule has 0 radical (unpaired) electrons. The molecule has 2 aromatic heterocycles. The van der Waals surface area contributed by atoms with Crippen molar-refractivity contribution in [1.82, 2.24) is 10.2 Å². The van der Waals surface area contributed by atoms with Crippen LogP contribution in [-0.4, -0.2) is 28.3 Å². The van der Waals surface area contributed by atoms with Gasteiger partial charge in [-0.3, -0.25) is 4.79 Å². The van der Waals surface area contributed by atoms with Gasteiger partial charge in [-0.2, -0.15) is 0 Å². The lowest BCUT2D eigenvalue weighted by Gasteiger charge is -1.98. The van der Waals surface area contributed by atoms with Crippen molar-refractivity contribution >= 4 is 51.1 Å². The molecular formula is C21H17N3O2S2. The summed E-state index contributed by atoms with van der Waals surface area (Å²) in [5.74, 6) is 1.03. The van der Waals surface area contributed by atoms with E-state index in [9.17, 15) is 4.79 Å². The molecule has 0 fully saturated rings. The minimum atomic E-state index is -0.119. The number of carbonyl (C=O) groups excluding carboxylic acids is 1. The lowest BCUT2D eigenvalue weighted by Crippen LogP contribution is -2.13. The molecule has 2 aromatic carbocycles. The molecule has 0 bridgehead atoms. The van der Waals surface area contributed by atoms with Gasteiger partial charge in [0.25, 0.3) is 0 Å². The van der Waals surface area contributed by atoms with Crippen LogP contribution in [0.5, 0.6) is 0 Å². The number of para-hydroxylation sites is 1. The summed E-state index contributed by atoms with van der Waals surface area (Å²) in [6, 6.07) is 19.5. The zero-order valence-electron chi connectivity index (χ0n) is 14.9. The molecule has 0 spiro atoms. The van der Waals surface area contributed by atoms with E-state index in [1.807, 2.05) is 42.5 Å². The van der Waals surface area contributed by atoms with Crippen molar-refractivity contribution < 1.29 is 9.21 Å². The fraction of sp³-hybridized carbons (Fsp3) is 0.0952. The highest BCUT2D eigenvalue weighted by atomic mass is 32.2. The number of nitrogens with zero attached hydrogens (tertiary/aromatic N) is 2. The Balaban J connectivity index is 1.27. The first kappa shape index (κ1) is 18.5. The van der Waals surface area contributed by atoms with Crippen LogP contribution in [0.3, 0.4) is 0 Å². The normalized spacial score (nSPS) is 11.3. The van der Waals surface area contributed by atoms with Crippen molar-refractivity contribution in [2.45, 2.75) is 4.34 Å². The number of nitrogens with one attached hydrogen (secondary N) is 1. The lowest BCUT2D eigenvalue weighted by molar-refractivity contribution is 0.0982. The number of hydrogen-bond donors (Lipinski definition) is 1. The Hall–Kier alpha value is -2.90. The summed E-state index contributed by atoms with van der Waals surface area (Å²) < 4.78 is 6.45. The fourth-order valence-electron chi connectivity index (χ4n) is 2.57. The molecule has 0 aliphatic heterocycles. The SMILES string of the molecule is O=C(CNc1nnc(SC/C=C/c2ccccc2)s1)c1cc2ccccc2o1. The van der Waals surface area contributed by atoms with Gasteiger partial charge >= 0.3 is 0 Å². The zero-order valence-corrected chi connectivity index (χ0v) is 16.5. The van der Waals surface area contributed by atoms with Gasteiger partial charge in [-0.1, -0.05) is 83.8 Å². The van der Waals surface area contributed by atoms with Gasteiger partial charge in [0.2, 0.25) is 10.9 Å². The number of carbonyl (C=O) groups is 1. The van der Waals surface area contributed by atoms with E-state index in [0.29, 0.717) is 16.5 Å². The summed E-state index contributed by atoms with van der Waals surface area (Å²) in [5.41, 5.74) is 1.89. The van der Waals surface area contributed by atoms with Gasteiger partial charge in [-0.15, -0.1) is 10.2 Å². The molecule has 4 rings (SSSR count). The van der Waals surface area contributed by atoms with E-state index in [1.165, 1.54) is 16.9 Å². The molecule has 5 nitrogen and oxygen atoms in total. The van der Waals surface area contributed by atoms with Crippen molar-refractivity contribution in [3.8, 4) is 0 Å². The third-order valence-corrected chi connectivity index (χ3v) is 5.89. The summed E-state index contributed by atoms with van der Waals surface area (Å²) in [5, 5.41) is 12.8. The van der Waals surface area contributed by atoms with Crippen molar-refractivity contribution in [2.24, 2.45) is 0 Å². The van der Waals surface area contributed by atoms with Crippen molar-refractivity contribution in [3.63, 3.8) is 0 Å². The van der Waals surface area contributed by atoms with E-state index in [1.54, 1.807) is 17.8 Å². The molecule has 0 amide bonds. The van der Waals surface area contributed by atoms with Crippen LogP contribution in [0.2, 0.25) is 0 Å². The van der Waals surface area contributed by atoms with Crippen LogP contribution < -0.4 is 5.32 Å². The van der Waals surface area contributed by atoms with Crippen LogP contribution in [0.1, 0.15) is 16.1 Å². The van der Waals surface area contributed by atoms with Gasteiger partial charge in [0.15, 0.2) is 10.1 Å². The Morgan fingerprint density at radius 1 is 1.11 bits per heavy atom. The van der Waals surface area contributed by atoms with E-state index in [4.69, 9.17) is 4.42 Å². The third-order valence-electron chi connectivity index (χ3n) is 3.92. The summed E-state index contributed by atoms with van der Waals surface area (Å²) in [6.07, 6.45) is 4.18. The Bertz CT molecular complexity index is 1070. The first-order valence-electron chi connectivity index (χ1n) is 8.71. The number of rotatable bonds is 8. The van der Waals surface area contributed by atoms with Crippen molar-refractivity contribution in [3.05, 3.63) is 78.1 Å². The molecule has 0 saturated heterocycles. The third kappa shape index (κ3) is 4.68. The maximum atomic E-state index is 12.3.